The van der Waals surface area contributed by atoms with Gasteiger partial charge in [-0.2, -0.15) is 0 Å². The minimum atomic E-state index is -0.303. The average Bonchev–Trinajstić information content (AvgIpc) is 2.55. The lowest BCUT2D eigenvalue weighted by atomic mass is 10.2. The van der Waals surface area contributed by atoms with Crippen LogP contribution in [0.15, 0.2) is 36.7 Å². The largest absolute Gasteiger partial charge is 0.342 e. The van der Waals surface area contributed by atoms with E-state index >= 15 is 0 Å². The molecule has 0 fully saturated rings. The van der Waals surface area contributed by atoms with Gasteiger partial charge in [0.05, 0.1) is 5.56 Å². The zero-order valence-corrected chi connectivity index (χ0v) is 12.7. The van der Waals surface area contributed by atoms with Crippen LogP contribution in [-0.4, -0.2) is 34.4 Å². The van der Waals surface area contributed by atoms with Gasteiger partial charge in [0.25, 0.3) is 5.91 Å². The van der Waals surface area contributed by atoms with Crippen LogP contribution in [0.1, 0.15) is 30.1 Å². The van der Waals surface area contributed by atoms with Crippen LogP contribution in [0.2, 0.25) is 0 Å². The Labute approximate surface area is 129 Å². The van der Waals surface area contributed by atoms with Crippen molar-refractivity contribution in [3.05, 3.63) is 48.0 Å². The maximum Gasteiger partial charge on any atom is 0.256 e. The third kappa shape index (κ3) is 4.25. The number of nitrogens with one attached hydrogen (secondary N) is 1. The lowest BCUT2D eigenvalue weighted by Gasteiger charge is -2.16. The Bertz CT molecular complexity index is 613. The van der Waals surface area contributed by atoms with Crippen LogP contribution < -0.4 is 5.32 Å². The number of amides is 1. The first kappa shape index (κ1) is 15.9. The molecule has 0 saturated heterocycles. The fourth-order valence-corrected chi connectivity index (χ4v) is 1.88. The summed E-state index contributed by atoms with van der Waals surface area (Å²) in [6.07, 6.45) is 4.98. The number of aromatic nitrogens is 2. The lowest BCUT2D eigenvalue weighted by molar-refractivity contribution is 0.0792. The van der Waals surface area contributed by atoms with Crippen LogP contribution in [0.5, 0.6) is 0 Å². The van der Waals surface area contributed by atoms with E-state index in [1.165, 1.54) is 24.5 Å². The Morgan fingerprint density at radius 3 is 2.45 bits per heavy atom. The van der Waals surface area contributed by atoms with E-state index in [4.69, 9.17) is 0 Å². The second kappa shape index (κ2) is 7.49. The molecule has 0 aliphatic rings. The SMILES string of the molecule is CCCCN(C)C(=O)c1cnc(Nc2ccc(F)cc2)nc1. The number of carbonyl (C=O) groups excluding carboxylic acids is 1. The normalized spacial score (nSPS) is 10.3. The second-order valence-corrected chi connectivity index (χ2v) is 5.01. The van der Waals surface area contributed by atoms with Crippen molar-refractivity contribution in [1.29, 1.82) is 0 Å². The summed E-state index contributed by atoms with van der Waals surface area (Å²) in [5.74, 6) is -0.0383. The highest BCUT2D eigenvalue weighted by Crippen LogP contribution is 2.13. The summed E-state index contributed by atoms with van der Waals surface area (Å²) in [5, 5.41) is 2.95. The van der Waals surface area contributed by atoms with Crippen molar-refractivity contribution < 1.29 is 9.18 Å². The lowest BCUT2D eigenvalue weighted by Crippen LogP contribution is -2.27. The number of halogens is 1. The molecule has 22 heavy (non-hydrogen) atoms. The molecule has 2 aromatic rings. The molecular formula is C16H19FN4O. The van der Waals surface area contributed by atoms with Crippen LogP contribution in [0, 0.1) is 5.82 Å². The number of hydrogen-bond acceptors (Lipinski definition) is 4. The van der Waals surface area contributed by atoms with E-state index in [-0.39, 0.29) is 11.7 Å². The van der Waals surface area contributed by atoms with Gasteiger partial charge >= 0.3 is 0 Å². The number of unbranched alkanes of at least 4 members (excludes halogenated alkanes) is 1. The molecule has 0 aliphatic carbocycles. The van der Waals surface area contributed by atoms with Gasteiger partial charge in [-0.05, 0) is 30.7 Å². The summed E-state index contributed by atoms with van der Waals surface area (Å²) in [6.45, 7) is 2.79. The van der Waals surface area contributed by atoms with Crippen LogP contribution in [-0.2, 0) is 0 Å². The second-order valence-electron chi connectivity index (χ2n) is 5.01. The molecule has 0 spiro atoms. The molecule has 6 heteroatoms. The zero-order chi connectivity index (χ0) is 15.9. The summed E-state index contributed by atoms with van der Waals surface area (Å²) < 4.78 is 12.8. The van der Waals surface area contributed by atoms with E-state index in [2.05, 4.69) is 22.2 Å². The molecule has 1 heterocycles. The number of carbonyl (C=O) groups is 1. The fraction of sp³-hybridized carbons (Fsp3) is 0.312. The Hall–Kier alpha value is -2.50. The van der Waals surface area contributed by atoms with Gasteiger partial charge in [0.2, 0.25) is 5.95 Å². The standard InChI is InChI=1S/C16H19FN4O/c1-3-4-9-21(2)15(22)12-10-18-16(19-11-12)20-14-7-5-13(17)6-8-14/h5-8,10-11H,3-4,9H2,1-2H3,(H,18,19,20). The van der Waals surface area contributed by atoms with Crippen LogP contribution >= 0.6 is 0 Å². The molecule has 0 bridgehead atoms. The summed E-state index contributed by atoms with van der Waals surface area (Å²) in [7, 11) is 1.77. The molecule has 0 unspecified atom stereocenters. The number of rotatable bonds is 6. The zero-order valence-electron chi connectivity index (χ0n) is 12.7. The fourth-order valence-electron chi connectivity index (χ4n) is 1.88. The number of anilines is 2. The minimum absolute atomic E-state index is 0.0956. The van der Waals surface area contributed by atoms with Gasteiger partial charge < -0.3 is 10.2 Å². The van der Waals surface area contributed by atoms with Gasteiger partial charge in [0, 0.05) is 31.7 Å². The molecular weight excluding hydrogens is 283 g/mol. The summed E-state index contributed by atoms with van der Waals surface area (Å²) in [6, 6.07) is 5.89. The first-order chi connectivity index (χ1) is 10.6. The van der Waals surface area contributed by atoms with Crippen molar-refractivity contribution in [2.45, 2.75) is 19.8 Å². The van der Waals surface area contributed by atoms with Gasteiger partial charge in [-0.3, -0.25) is 4.79 Å². The van der Waals surface area contributed by atoms with E-state index in [9.17, 15) is 9.18 Å². The van der Waals surface area contributed by atoms with E-state index in [0.717, 1.165) is 12.8 Å². The Morgan fingerprint density at radius 2 is 1.86 bits per heavy atom. The predicted octanol–water partition coefficient (Wildman–Crippen LogP) is 3.23. The predicted molar refractivity (Wildman–Crippen MR) is 83.6 cm³/mol. The topological polar surface area (TPSA) is 58.1 Å². The van der Waals surface area contributed by atoms with Crippen molar-refractivity contribution in [1.82, 2.24) is 14.9 Å². The monoisotopic (exact) mass is 302 g/mol. The van der Waals surface area contributed by atoms with Crippen LogP contribution in [0.3, 0.4) is 0 Å². The van der Waals surface area contributed by atoms with Crippen LogP contribution in [0.4, 0.5) is 16.0 Å². The van der Waals surface area contributed by atoms with E-state index in [1.54, 1.807) is 24.1 Å². The molecule has 5 nitrogen and oxygen atoms in total. The van der Waals surface area contributed by atoms with Crippen molar-refractivity contribution in [3.63, 3.8) is 0 Å². The molecule has 116 valence electrons. The Balaban J connectivity index is 2.00. The van der Waals surface area contributed by atoms with Crippen molar-refractivity contribution in [2.75, 3.05) is 18.9 Å². The van der Waals surface area contributed by atoms with Crippen molar-refractivity contribution in [3.8, 4) is 0 Å². The van der Waals surface area contributed by atoms with E-state index in [1.807, 2.05) is 0 Å². The molecule has 0 radical (unpaired) electrons. The highest BCUT2D eigenvalue weighted by atomic mass is 19.1. The summed E-state index contributed by atoms with van der Waals surface area (Å²) in [5.41, 5.74) is 1.13. The van der Waals surface area contributed by atoms with E-state index in [0.29, 0.717) is 23.7 Å². The highest BCUT2D eigenvalue weighted by Gasteiger charge is 2.12. The van der Waals surface area contributed by atoms with Crippen LogP contribution in [0.25, 0.3) is 0 Å². The highest BCUT2D eigenvalue weighted by molar-refractivity contribution is 5.93. The first-order valence-electron chi connectivity index (χ1n) is 7.20. The van der Waals surface area contributed by atoms with Crippen molar-refractivity contribution >= 4 is 17.5 Å². The molecule has 1 N–H and O–H groups in total. The average molecular weight is 302 g/mol. The molecule has 0 atom stereocenters. The molecule has 1 aromatic heterocycles. The smallest absolute Gasteiger partial charge is 0.256 e. The maximum atomic E-state index is 12.8. The molecule has 2 rings (SSSR count). The molecule has 1 aromatic carbocycles. The summed E-state index contributed by atoms with van der Waals surface area (Å²) >= 11 is 0. The Kier molecular flexibility index (Phi) is 5.41. The molecule has 0 saturated carbocycles. The summed E-state index contributed by atoms with van der Waals surface area (Å²) in [4.78, 5) is 22.0. The van der Waals surface area contributed by atoms with Gasteiger partial charge in [0.1, 0.15) is 5.82 Å². The third-order valence-corrected chi connectivity index (χ3v) is 3.19. The molecule has 0 aliphatic heterocycles. The van der Waals surface area contributed by atoms with Gasteiger partial charge in [-0.15, -0.1) is 0 Å². The maximum absolute atomic E-state index is 12.8. The number of hydrogen-bond donors (Lipinski definition) is 1. The van der Waals surface area contributed by atoms with E-state index < -0.39 is 0 Å². The Morgan fingerprint density at radius 1 is 1.23 bits per heavy atom. The third-order valence-electron chi connectivity index (χ3n) is 3.19. The number of nitrogens with zero attached hydrogens (tertiary/aromatic N) is 3. The van der Waals surface area contributed by atoms with Gasteiger partial charge in [-0.25, -0.2) is 14.4 Å². The van der Waals surface area contributed by atoms with Gasteiger partial charge in [-0.1, -0.05) is 13.3 Å². The van der Waals surface area contributed by atoms with Gasteiger partial charge in [0.15, 0.2) is 0 Å². The first-order valence-corrected chi connectivity index (χ1v) is 7.20. The minimum Gasteiger partial charge on any atom is -0.342 e. The van der Waals surface area contributed by atoms with Crippen molar-refractivity contribution in [2.24, 2.45) is 0 Å². The number of benzene rings is 1. The quantitative estimate of drug-likeness (QED) is 0.890. The molecule has 1 amide bonds.